The van der Waals surface area contributed by atoms with Crippen molar-refractivity contribution in [2.45, 2.75) is 40.7 Å². The van der Waals surface area contributed by atoms with E-state index < -0.39 is 0 Å². The first kappa shape index (κ1) is 14.0. The summed E-state index contributed by atoms with van der Waals surface area (Å²) in [5.41, 5.74) is 2.57. The van der Waals surface area contributed by atoms with Crippen molar-refractivity contribution < 1.29 is 4.74 Å². The Labute approximate surface area is 105 Å². The van der Waals surface area contributed by atoms with E-state index in [9.17, 15) is 0 Å². The Kier molecular flexibility index (Phi) is 5.49. The van der Waals surface area contributed by atoms with Gasteiger partial charge in [0.2, 0.25) is 0 Å². The summed E-state index contributed by atoms with van der Waals surface area (Å²) in [7, 11) is 0. The lowest BCUT2D eigenvalue weighted by atomic mass is 9.94. The standard InChI is InChI=1S/C15H25NO/c1-6-16-15(11(3)4)13-10-12(5)8-9-14(13)17-7-2/h8-11,15-16H,6-7H2,1-5H3. The van der Waals surface area contributed by atoms with Crippen molar-refractivity contribution in [3.05, 3.63) is 29.3 Å². The Morgan fingerprint density at radius 2 is 1.94 bits per heavy atom. The predicted octanol–water partition coefficient (Wildman–Crippen LogP) is 3.70. The first-order chi connectivity index (χ1) is 8.10. The van der Waals surface area contributed by atoms with Crippen LogP contribution in [0.5, 0.6) is 5.75 Å². The average molecular weight is 235 g/mol. The summed E-state index contributed by atoms with van der Waals surface area (Å²) in [6, 6.07) is 6.79. The topological polar surface area (TPSA) is 21.3 Å². The Balaban J connectivity index is 3.09. The second kappa shape index (κ2) is 6.65. The van der Waals surface area contributed by atoms with E-state index in [1.807, 2.05) is 6.92 Å². The monoisotopic (exact) mass is 235 g/mol. The van der Waals surface area contributed by atoms with Gasteiger partial charge >= 0.3 is 0 Å². The van der Waals surface area contributed by atoms with Crippen LogP contribution >= 0.6 is 0 Å². The Hall–Kier alpha value is -1.02. The molecule has 17 heavy (non-hydrogen) atoms. The molecule has 0 aliphatic carbocycles. The average Bonchev–Trinajstić information content (AvgIpc) is 2.28. The molecule has 96 valence electrons. The SMILES string of the molecule is CCNC(c1cc(C)ccc1OCC)C(C)C. The Bertz CT molecular complexity index is 347. The summed E-state index contributed by atoms with van der Waals surface area (Å²) in [4.78, 5) is 0. The van der Waals surface area contributed by atoms with E-state index in [2.05, 4.69) is 51.2 Å². The maximum atomic E-state index is 5.73. The van der Waals surface area contributed by atoms with Crippen molar-refractivity contribution in [3.8, 4) is 5.75 Å². The summed E-state index contributed by atoms with van der Waals surface area (Å²) in [5.74, 6) is 1.56. The maximum Gasteiger partial charge on any atom is 0.124 e. The molecule has 1 N–H and O–H groups in total. The molecule has 0 bridgehead atoms. The van der Waals surface area contributed by atoms with Gasteiger partial charge in [-0.1, -0.05) is 38.5 Å². The van der Waals surface area contributed by atoms with Gasteiger partial charge in [0.25, 0.3) is 0 Å². The first-order valence-electron chi connectivity index (χ1n) is 6.56. The highest BCUT2D eigenvalue weighted by Crippen LogP contribution is 2.31. The summed E-state index contributed by atoms with van der Waals surface area (Å²) in [6.07, 6.45) is 0. The molecular formula is C15H25NO. The summed E-state index contributed by atoms with van der Waals surface area (Å²) in [5, 5.41) is 3.54. The minimum Gasteiger partial charge on any atom is -0.494 e. The lowest BCUT2D eigenvalue weighted by molar-refractivity contribution is 0.323. The highest BCUT2D eigenvalue weighted by molar-refractivity contribution is 5.39. The smallest absolute Gasteiger partial charge is 0.124 e. The van der Waals surface area contributed by atoms with Gasteiger partial charge in [-0.15, -0.1) is 0 Å². The molecule has 2 nitrogen and oxygen atoms in total. The number of rotatable bonds is 6. The molecule has 1 unspecified atom stereocenters. The Morgan fingerprint density at radius 3 is 2.47 bits per heavy atom. The van der Waals surface area contributed by atoms with E-state index >= 15 is 0 Å². The summed E-state index contributed by atoms with van der Waals surface area (Å²) < 4.78 is 5.73. The molecule has 1 atom stereocenters. The van der Waals surface area contributed by atoms with E-state index in [1.165, 1.54) is 11.1 Å². The van der Waals surface area contributed by atoms with Crippen LogP contribution in [0.2, 0.25) is 0 Å². The van der Waals surface area contributed by atoms with E-state index in [4.69, 9.17) is 4.74 Å². The van der Waals surface area contributed by atoms with Crippen molar-refractivity contribution in [2.24, 2.45) is 5.92 Å². The van der Waals surface area contributed by atoms with Gasteiger partial charge in [-0.05, 0) is 32.4 Å². The molecule has 1 aromatic carbocycles. The van der Waals surface area contributed by atoms with Crippen LogP contribution in [0.15, 0.2) is 18.2 Å². The fourth-order valence-corrected chi connectivity index (χ4v) is 2.12. The van der Waals surface area contributed by atoms with Gasteiger partial charge in [-0.3, -0.25) is 0 Å². The third-order valence-electron chi connectivity index (χ3n) is 2.89. The number of nitrogens with one attached hydrogen (secondary N) is 1. The minimum atomic E-state index is 0.362. The third-order valence-corrected chi connectivity index (χ3v) is 2.89. The van der Waals surface area contributed by atoms with Crippen molar-refractivity contribution in [1.82, 2.24) is 5.32 Å². The van der Waals surface area contributed by atoms with Crippen LogP contribution in [-0.2, 0) is 0 Å². The second-order valence-electron chi connectivity index (χ2n) is 4.75. The normalized spacial score (nSPS) is 12.8. The van der Waals surface area contributed by atoms with Crippen molar-refractivity contribution >= 4 is 0 Å². The van der Waals surface area contributed by atoms with E-state index in [0.29, 0.717) is 18.6 Å². The van der Waals surface area contributed by atoms with Gasteiger partial charge in [0, 0.05) is 11.6 Å². The molecular weight excluding hydrogens is 210 g/mol. The van der Waals surface area contributed by atoms with Crippen molar-refractivity contribution in [3.63, 3.8) is 0 Å². The molecule has 0 saturated carbocycles. The largest absolute Gasteiger partial charge is 0.494 e. The van der Waals surface area contributed by atoms with Crippen molar-refractivity contribution in [1.29, 1.82) is 0 Å². The van der Waals surface area contributed by atoms with E-state index in [1.54, 1.807) is 0 Å². The van der Waals surface area contributed by atoms with Crippen LogP contribution in [0.3, 0.4) is 0 Å². The van der Waals surface area contributed by atoms with Crippen LogP contribution in [0, 0.1) is 12.8 Å². The number of benzene rings is 1. The molecule has 0 spiro atoms. The molecule has 1 rings (SSSR count). The molecule has 2 heteroatoms. The minimum absolute atomic E-state index is 0.362. The summed E-state index contributed by atoms with van der Waals surface area (Å²) in [6.45, 7) is 12.5. The quantitative estimate of drug-likeness (QED) is 0.811. The third kappa shape index (κ3) is 3.74. The zero-order valence-electron chi connectivity index (χ0n) is 11.7. The fraction of sp³-hybridized carbons (Fsp3) is 0.600. The first-order valence-corrected chi connectivity index (χ1v) is 6.56. The van der Waals surface area contributed by atoms with Gasteiger partial charge in [0.1, 0.15) is 5.75 Å². The zero-order valence-corrected chi connectivity index (χ0v) is 11.7. The molecule has 0 saturated heterocycles. The number of aryl methyl sites for hydroxylation is 1. The second-order valence-corrected chi connectivity index (χ2v) is 4.75. The maximum absolute atomic E-state index is 5.73. The van der Waals surface area contributed by atoms with Crippen LogP contribution in [0.25, 0.3) is 0 Å². The van der Waals surface area contributed by atoms with Gasteiger partial charge in [-0.25, -0.2) is 0 Å². The number of hydrogen-bond donors (Lipinski definition) is 1. The van der Waals surface area contributed by atoms with Gasteiger partial charge in [0.15, 0.2) is 0 Å². The molecule has 1 aromatic rings. The summed E-state index contributed by atoms with van der Waals surface area (Å²) >= 11 is 0. The van der Waals surface area contributed by atoms with Crippen LogP contribution < -0.4 is 10.1 Å². The molecule has 0 radical (unpaired) electrons. The molecule has 0 amide bonds. The van der Waals surface area contributed by atoms with Crippen LogP contribution in [0.1, 0.15) is 44.9 Å². The fourth-order valence-electron chi connectivity index (χ4n) is 2.12. The van der Waals surface area contributed by atoms with E-state index in [0.717, 1.165) is 12.3 Å². The van der Waals surface area contributed by atoms with Gasteiger partial charge < -0.3 is 10.1 Å². The molecule has 0 aliphatic heterocycles. The predicted molar refractivity (Wildman–Crippen MR) is 73.6 cm³/mol. The van der Waals surface area contributed by atoms with E-state index in [-0.39, 0.29) is 0 Å². The zero-order chi connectivity index (χ0) is 12.8. The highest BCUT2D eigenvalue weighted by Gasteiger charge is 2.18. The molecule has 0 aliphatic rings. The molecule has 0 heterocycles. The van der Waals surface area contributed by atoms with Gasteiger partial charge in [0.05, 0.1) is 6.61 Å². The molecule has 0 fully saturated rings. The van der Waals surface area contributed by atoms with Crippen LogP contribution in [-0.4, -0.2) is 13.2 Å². The number of hydrogen-bond acceptors (Lipinski definition) is 2. The van der Waals surface area contributed by atoms with Crippen LogP contribution in [0.4, 0.5) is 0 Å². The Morgan fingerprint density at radius 1 is 1.24 bits per heavy atom. The lowest BCUT2D eigenvalue weighted by Crippen LogP contribution is -2.26. The number of ether oxygens (including phenoxy) is 1. The van der Waals surface area contributed by atoms with Crippen molar-refractivity contribution in [2.75, 3.05) is 13.2 Å². The van der Waals surface area contributed by atoms with Gasteiger partial charge in [-0.2, -0.15) is 0 Å². The highest BCUT2D eigenvalue weighted by atomic mass is 16.5. The lowest BCUT2D eigenvalue weighted by Gasteiger charge is -2.25. The molecule has 0 aromatic heterocycles.